The van der Waals surface area contributed by atoms with Crippen molar-refractivity contribution in [2.24, 2.45) is 0 Å². The van der Waals surface area contributed by atoms with Crippen LogP contribution in [-0.2, 0) is 42.6 Å². The second-order valence-corrected chi connectivity index (χ2v) is 19.9. The van der Waals surface area contributed by atoms with Crippen LogP contribution in [-0.4, -0.2) is 101 Å². The van der Waals surface area contributed by atoms with E-state index in [1.54, 1.807) is 30.3 Å². The Morgan fingerprint density at radius 2 is 1.12 bits per heavy atom. The molecular formula is C44H56N6O8S2. The fourth-order valence-electron chi connectivity index (χ4n) is 7.77. The summed E-state index contributed by atoms with van der Waals surface area (Å²) in [7, 11) is -4.52. The summed E-state index contributed by atoms with van der Waals surface area (Å²) in [5.41, 5.74) is 5.05. The largest absolute Gasteiger partial charge is 0.465 e. The Balaban J connectivity index is 0.000000203. The van der Waals surface area contributed by atoms with E-state index in [1.807, 2.05) is 56.3 Å². The van der Waals surface area contributed by atoms with Gasteiger partial charge < -0.3 is 19.7 Å². The molecule has 1 aliphatic carbocycles. The number of likely N-dealkylation sites (tertiary alicyclic amines) is 1. The van der Waals surface area contributed by atoms with Crippen molar-refractivity contribution in [3.05, 3.63) is 119 Å². The lowest BCUT2D eigenvalue weighted by Gasteiger charge is -2.42. The molecule has 4 heterocycles. The summed E-state index contributed by atoms with van der Waals surface area (Å²) in [6.07, 6.45) is 9.06. The Kier molecular flexibility index (Phi) is 15.0. The van der Waals surface area contributed by atoms with E-state index in [0.717, 1.165) is 24.2 Å². The van der Waals surface area contributed by atoms with Gasteiger partial charge in [0.05, 0.1) is 71.7 Å². The maximum absolute atomic E-state index is 13.8. The average Bonchev–Trinajstić information content (AvgIpc) is 3.24. The van der Waals surface area contributed by atoms with E-state index >= 15 is 0 Å². The average molecular weight is 861 g/mol. The first-order valence-electron chi connectivity index (χ1n) is 20.5. The van der Waals surface area contributed by atoms with Gasteiger partial charge in [-0.25, -0.2) is 26.4 Å². The first kappa shape index (κ1) is 44.6. The summed E-state index contributed by atoms with van der Waals surface area (Å²) < 4.78 is 66.8. The predicted octanol–water partition coefficient (Wildman–Crippen LogP) is 5.79. The fraction of sp³-hybridized carbons (Fsp3) is 0.455. The van der Waals surface area contributed by atoms with Crippen molar-refractivity contribution in [3.63, 3.8) is 0 Å². The van der Waals surface area contributed by atoms with Gasteiger partial charge in [-0.1, -0.05) is 30.7 Å². The lowest BCUT2D eigenvalue weighted by molar-refractivity contribution is 0.0591. The number of hydrogen-bond donors (Lipinski definition) is 1. The summed E-state index contributed by atoms with van der Waals surface area (Å²) in [4.78, 5) is 34.4. The van der Waals surface area contributed by atoms with Gasteiger partial charge in [0, 0.05) is 18.4 Å². The number of nitrogens with zero attached hydrogens (tertiary/aromatic N) is 5. The van der Waals surface area contributed by atoms with Crippen LogP contribution in [0.2, 0.25) is 0 Å². The Bertz CT molecular complexity index is 2290. The van der Waals surface area contributed by atoms with Crippen LogP contribution in [0.4, 0.5) is 11.4 Å². The molecule has 3 fully saturated rings. The van der Waals surface area contributed by atoms with E-state index in [-0.39, 0.29) is 13.1 Å². The minimum absolute atomic E-state index is 0.108. The van der Waals surface area contributed by atoms with Crippen LogP contribution in [0.1, 0.15) is 88.2 Å². The van der Waals surface area contributed by atoms with Crippen molar-refractivity contribution in [1.29, 1.82) is 0 Å². The van der Waals surface area contributed by atoms with E-state index in [0.29, 0.717) is 78.7 Å². The summed E-state index contributed by atoms with van der Waals surface area (Å²) in [6.45, 7) is 7.17. The number of anilines is 2. The minimum atomic E-state index is -3.59. The molecule has 0 amide bonds. The molecule has 2 saturated heterocycles. The number of hydrogen-bond acceptors (Lipinski definition) is 12. The molecule has 0 radical (unpaired) electrons. The van der Waals surface area contributed by atoms with Gasteiger partial charge in [-0.3, -0.25) is 18.6 Å². The number of sulfonamides is 2. The van der Waals surface area contributed by atoms with Crippen molar-refractivity contribution in [1.82, 2.24) is 20.2 Å². The van der Waals surface area contributed by atoms with Gasteiger partial charge in [0.2, 0.25) is 20.0 Å². The van der Waals surface area contributed by atoms with Crippen molar-refractivity contribution in [2.45, 2.75) is 88.4 Å². The number of carbonyl (C=O) groups is 2. The molecule has 0 bridgehead atoms. The minimum Gasteiger partial charge on any atom is -0.465 e. The number of pyridine rings is 2. The van der Waals surface area contributed by atoms with E-state index in [9.17, 15) is 26.4 Å². The van der Waals surface area contributed by atoms with Gasteiger partial charge in [0.25, 0.3) is 0 Å². The fourth-order valence-corrected chi connectivity index (χ4v) is 11.6. The number of esters is 2. The molecule has 60 heavy (non-hydrogen) atoms. The number of nitrogens with one attached hydrogen (secondary N) is 1. The monoisotopic (exact) mass is 860 g/mol. The third-order valence-electron chi connectivity index (χ3n) is 11.5. The highest BCUT2D eigenvalue weighted by molar-refractivity contribution is 7.93. The lowest BCUT2D eigenvalue weighted by atomic mass is 9.90. The predicted molar refractivity (Wildman–Crippen MR) is 232 cm³/mol. The van der Waals surface area contributed by atoms with Gasteiger partial charge in [-0.15, -0.1) is 0 Å². The number of aryl methyl sites for hydroxylation is 2. The molecule has 2 aliphatic heterocycles. The van der Waals surface area contributed by atoms with Gasteiger partial charge in [0.15, 0.2) is 0 Å². The summed E-state index contributed by atoms with van der Waals surface area (Å²) in [5.74, 6) is -0.942. The smallest absolute Gasteiger partial charge is 0.339 e. The molecule has 2 aromatic carbocycles. The molecular weight excluding hydrogens is 805 g/mol. The molecule has 7 rings (SSSR count). The van der Waals surface area contributed by atoms with Crippen LogP contribution < -0.4 is 13.9 Å². The zero-order chi connectivity index (χ0) is 42.9. The number of carbonyl (C=O) groups excluding carboxylic acids is 2. The SMILES string of the molecule is COC(=O)c1ccc(CN(c2cccc(C)c2)S(=O)(=O)C2CCN(C3CCC3)CC2)nc1.COC(=O)c1ccc(CN(c2cccc(C)c2)S(=O)(=O)C2CCNCC2)nc1. The molecule has 1 N–H and O–H groups in total. The van der Waals surface area contributed by atoms with Gasteiger partial charge >= 0.3 is 11.9 Å². The van der Waals surface area contributed by atoms with Crippen molar-refractivity contribution in [2.75, 3.05) is 49.0 Å². The topological polar surface area (TPSA) is 168 Å². The highest BCUT2D eigenvalue weighted by Gasteiger charge is 2.38. The maximum Gasteiger partial charge on any atom is 0.339 e. The molecule has 0 atom stereocenters. The summed E-state index contributed by atoms with van der Waals surface area (Å²) in [6, 6.07) is 22.2. The van der Waals surface area contributed by atoms with Crippen molar-refractivity contribution in [3.8, 4) is 0 Å². The van der Waals surface area contributed by atoms with Crippen molar-refractivity contribution >= 4 is 43.4 Å². The van der Waals surface area contributed by atoms with E-state index in [2.05, 4.69) is 24.9 Å². The second-order valence-electron chi connectivity index (χ2n) is 15.6. The molecule has 4 aromatic rings. The molecule has 2 aromatic heterocycles. The number of benzene rings is 2. The van der Waals surface area contributed by atoms with Gasteiger partial charge in [-0.05, 0) is 138 Å². The molecule has 3 aliphatic rings. The van der Waals surface area contributed by atoms with E-state index < -0.39 is 42.5 Å². The zero-order valence-electron chi connectivity index (χ0n) is 34.8. The van der Waals surface area contributed by atoms with Gasteiger partial charge in [-0.2, -0.15) is 0 Å². The Labute approximate surface area is 354 Å². The summed E-state index contributed by atoms with van der Waals surface area (Å²) in [5, 5.41) is 2.37. The number of aromatic nitrogens is 2. The number of ether oxygens (including phenoxy) is 2. The van der Waals surface area contributed by atoms with Crippen LogP contribution >= 0.6 is 0 Å². The Morgan fingerprint density at radius 1 is 0.667 bits per heavy atom. The van der Waals surface area contributed by atoms with Crippen LogP contribution in [0.25, 0.3) is 0 Å². The maximum atomic E-state index is 13.8. The van der Waals surface area contributed by atoms with Crippen LogP contribution in [0.5, 0.6) is 0 Å². The third kappa shape index (κ3) is 10.9. The highest BCUT2D eigenvalue weighted by atomic mass is 32.2. The first-order valence-corrected chi connectivity index (χ1v) is 23.5. The number of methoxy groups -OCH3 is 2. The number of piperidine rings is 2. The third-order valence-corrected chi connectivity index (χ3v) is 16.0. The zero-order valence-corrected chi connectivity index (χ0v) is 36.5. The molecule has 322 valence electrons. The van der Waals surface area contributed by atoms with E-state index in [4.69, 9.17) is 4.74 Å². The Morgan fingerprint density at radius 3 is 1.48 bits per heavy atom. The normalized spacial score (nSPS) is 16.8. The first-order chi connectivity index (χ1) is 28.8. The van der Waals surface area contributed by atoms with Crippen LogP contribution in [0.15, 0.2) is 85.2 Å². The quantitative estimate of drug-likeness (QED) is 0.161. The van der Waals surface area contributed by atoms with E-state index in [1.165, 1.54) is 54.5 Å². The Hall–Kier alpha value is -4.90. The molecule has 1 saturated carbocycles. The standard InChI is InChI=1S/C24H31N3O4S.C20H25N3O4S/c1-18-5-3-8-22(15-18)27(17-20-10-9-19(16-25-20)24(28)31-2)32(29,30)23-11-13-26(14-12-23)21-6-4-7-21;1-15-4-3-5-18(12-15)23(28(25,26)19-8-10-21-11-9-19)14-17-7-6-16(13-22-17)20(24)27-2/h3,5,8-10,15-16,21,23H,4,6-7,11-14,17H2,1-2H3;3-7,12-13,19,21H,8-11,14H2,1-2H3. The molecule has 16 heteroatoms. The lowest BCUT2D eigenvalue weighted by Crippen LogP contribution is -2.49. The van der Waals surface area contributed by atoms with Crippen LogP contribution in [0, 0.1) is 13.8 Å². The van der Waals surface area contributed by atoms with Crippen molar-refractivity contribution < 1.29 is 35.9 Å². The second kappa shape index (κ2) is 20.1. The molecule has 0 unspecified atom stereocenters. The summed E-state index contributed by atoms with van der Waals surface area (Å²) >= 11 is 0. The van der Waals surface area contributed by atoms with Crippen LogP contribution in [0.3, 0.4) is 0 Å². The molecule has 0 spiro atoms. The highest BCUT2D eigenvalue weighted by Crippen LogP contribution is 2.32. The number of rotatable bonds is 13. The van der Waals surface area contributed by atoms with Gasteiger partial charge in [0.1, 0.15) is 0 Å². The molecule has 14 nitrogen and oxygen atoms in total.